The minimum absolute atomic E-state index is 0.200. The summed E-state index contributed by atoms with van der Waals surface area (Å²) in [5, 5.41) is 9.25. The Morgan fingerprint density at radius 1 is 1.33 bits per heavy atom. The zero-order valence-corrected chi connectivity index (χ0v) is 10.0. The van der Waals surface area contributed by atoms with E-state index in [-0.39, 0.29) is 5.78 Å². The van der Waals surface area contributed by atoms with Crippen molar-refractivity contribution in [2.75, 3.05) is 0 Å². The summed E-state index contributed by atoms with van der Waals surface area (Å²) < 4.78 is 0. The first kappa shape index (κ1) is 13.7. The monoisotopic (exact) mass is 208 g/mol. The molecule has 1 N–H and O–H groups in total. The molecule has 0 spiro atoms. The highest BCUT2D eigenvalue weighted by atomic mass is 16.3. The van der Waals surface area contributed by atoms with Crippen molar-refractivity contribution < 1.29 is 9.90 Å². The standard InChI is InChI=1S/C11H14O2.C2H6/c1-8-7-10(4-3-9(2)12)5-6-11(8)13;1-2/h5-7,13H,3-4H2,1-2H3;1-2H3. The van der Waals surface area contributed by atoms with Crippen molar-refractivity contribution in [1.82, 2.24) is 0 Å². The third-order valence-electron chi connectivity index (χ3n) is 2.03. The van der Waals surface area contributed by atoms with Gasteiger partial charge in [-0.2, -0.15) is 0 Å². The number of aromatic hydroxyl groups is 1. The van der Waals surface area contributed by atoms with Gasteiger partial charge in [-0.1, -0.05) is 26.0 Å². The van der Waals surface area contributed by atoms with Crippen LogP contribution >= 0.6 is 0 Å². The predicted molar refractivity (Wildman–Crippen MR) is 63.2 cm³/mol. The second-order valence-corrected chi connectivity index (χ2v) is 3.32. The van der Waals surface area contributed by atoms with Crippen molar-refractivity contribution in [3.05, 3.63) is 29.3 Å². The molecular weight excluding hydrogens is 188 g/mol. The second kappa shape index (κ2) is 7.04. The molecule has 2 heteroatoms. The Kier molecular flexibility index (Phi) is 6.43. The van der Waals surface area contributed by atoms with Crippen LogP contribution in [-0.2, 0) is 11.2 Å². The van der Waals surface area contributed by atoms with E-state index in [0.29, 0.717) is 12.2 Å². The average Bonchev–Trinajstić information content (AvgIpc) is 2.23. The number of carbonyl (C=O) groups is 1. The molecule has 84 valence electrons. The van der Waals surface area contributed by atoms with Gasteiger partial charge in [-0.15, -0.1) is 0 Å². The number of Topliss-reactive ketones (excluding diaryl/α,β-unsaturated/α-hetero) is 1. The van der Waals surface area contributed by atoms with Gasteiger partial charge in [0, 0.05) is 6.42 Å². The number of carbonyl (C=O) groups excluding carboxylic acids is 1. The first-order valence-corrected chi connectivity index (χ1v) is 5.37. The van der Waals surface area contributed by atoms with Gasteiger partial charge in [0.05, 0.1) is 0 Å². The Bertz CT molecular complexity index is 316. The van der Waals surface area contributed by atoms with E-state index >= 15 is 0 Å². The molecule has 0 amide bonds. The number of hydrogen-bond donors (Lipinski definition) is 1. The van der Waals surface area contributed by atoms with Crippen LogP contribution in [0.2, 0.25) is 0 Å². The van der Waals surface area contributed by atoms with E-state index < -0.39 is 0 Å². The van der Waals surface area contributed by atoms with Crippen LogP contribution in [0, 0.1) is 6.92 Å². The molecular formula is C13H20O2. The van der Waals surface area contributed by atoms with Crippen molar-refractivity contribution in [3.8, 4) is 5.75 Å². The fourth-order valence-corrected chi connectivity index (χ4v) is 1.19. The van der Waals surface area contributed by atoms with Crippen molar-refractivity contribution >= 4 is 5.78 Å². The van der Waals surface area contributed by atoms with E-state index in [1.165, 1.54) is 0 Å². The SMILES string of the molecule is CC.CC(=O)CCc1ccc(O)c(C)c1. The summed E-state index contributed by atoms with van der Waals surface area (Å²) in [5.74, 6) is 0.511. The molecule has 1 aromatic rings. The molecule has 0 aliphatic rings. The number of aryl methyl sites for hydroxylation is 2. The largest absolute Gasteiger partial charge is 0.508 e. The number of benzene rings is 1. The zero-order valence-electron chi connectivity index (χ0n) is 10.0. The molecule has 0 bridgehead atoms. The molecule has 0 saturated heterocycles. The van der Waals surface area contributed by atoms with Gasteiger partial charge in [0.15, 0.2) is 0 Å². The van der Waals surface area contributed by atoms with Gasteiger partial charge in [-0.25, -0.2) is 0 Å². The molecule has 0 aliphatic heterocycles. The lowest BCUT2D eigenvalue weighted by Crippen LogP contribution is -1.94. The molecule has 0 aromatic heterocycles. The minimum Gasteiger partial charge on any atom is -0.508 e. The fourth-order valence-electron chi connectivity index (χ4n) is 1.19. The minimum atomic E-state index is 0.200. The van der Waals surface area contributed by atoms with Gasteiger partial charge < -0.3 is 9.90 Å². The van der Waals surface area contributed by atoms with Crippen LogP contribution in [0.5, 0.6) is 5.75 Å². The van der Waals surface area contributed by atoms with Crippen LogP contribution in [0.1, 0.15) is 38.3 Å². The molecule has 0 aliphatic carbocycles. The number of phenols is 1. The van der Waals surface area contributed by atoms with Crippen LogP contribution < -0.4 is 0 Å². The van der Waals surface area contributed by atoms with Crippen molar-refractivity contribution in [2.24, 2.45) is 0 Å². The van der Waals surface area contributed by atoms with E-state index in [0.717, 1.165) is 17.5 Å². The normalized spacial score (nSPS) is 9.07. The van der Waals surface area contributed by atoms with E-state index in [4.69, 9.17) is 0 Å². The fraction of sp³-hybridized carbons (Fsp3) is 0.462. The van der Waals surface area contributed by atoms with Crippen molar-refractivity contribution in [3.63, 3.8) is 0 Å². The van der Waals surface area contributed by atoms with E-state index in [1.807, 2.05) is 32.9 Å². The summed E-state index contributed by atoms with van der Waals surface area (Å²) in [6, 6.07) is 5.44. The third kappa shape index (κ3) is 5.21. The molecule has 2 nitrogen and oxygen atoms in total. The summed E-state index contributed by atoms with van der Waals surface area (Å²) in [6.45, 7) is 7.44. The third-order valence-corrected chi connectivity index (χ3v) is 2.03. The zero-order chi connectivity index (χ0) is 11.8. The average molecular weight is 208 g/mol. The van der Waals surface area contributed by atoms with Crippen LogP contribution in [0.15, 0.2) is 18.2 Å². The summed E-state index contributed by atoms with van der Waals surface area (Å²) in [6.07, 6.45) is 1.33. The second-order valence-electron chi connectivity index (χ2n) is 3.32. The lowest BCUT2D eigenvalue weighted by Gasteiger charge is -2.02. The van der Waals surface area contributed by atoms with Gasteiger partial charge in [0.2, 0.25) is 0 Å². The van der Waals surface area contributed by atoms with E-state index in [2.05, 4.69) is 0 Å². The number of hydrogen-bond acceptors (Lipinski definition) is 2. The van der Waals surface area contributed by atoms with Gasteiger partial charge in [-0.3, -0.25) is 0 Å². The predicted octanol–water partition coefficient (Wildman–Crippen LogP) is 3.25. The molecule has 0 heterocycles. The quantitative estimate of drug-likeness (QED) is 0.828. The molecule has 1 rings (SSSR count). The Morgan fingerprint density at radius 3 is 2.40 bits per heavy atom. The first-order chi connectivity index (χ1) is 7.09. The molecule has 0 radical (unpaired) electrons. The summed E-state index contributed by atoms with van der Waals surface area (Å²) in [4.78, 5) is 10.7. The Labute approximate surface area is 91.9 Å². The highest BCUT2D eigenvalue weighted by Crippen LogP contribution is 2.17. The van der Waals surface area contributed by atoms with Gasteiger partial charge in [-0.05, 0) is 37.5 Å². The molecule has 0 atom stereocenters. The maximum Gasteiger partial charge on any atom is 0.130 e. The van der Waals surface area contributed by atoms with Crippen LogP contribution in [0.3, 0.4) is 0 Å². The number of phenolic OH excluding ortho intramolecular Hbond substituents is 1. The maximum atomic E-state index is 10.7. The molecule has 1 aromatic carbocycles. The van der Waals surface area contributed by atoms with Crippen LogP contribution in [-0.4, -0.2) is 10.9 Å². The van der Waals surface area contributed by atoms with Crippen molar-refractivity contribution in [1.29, 1.82) is 0 Å². The topological polar surface area (TPSA) is 37.3 Å². The Balaban J connectivity index is 0.000000921. The van der Waals surface area contributed by atoms with Crippen LogP contribution in [0.25, 0.3) is 0 Å². The van der Waals surface area contributed by atoms with Crippen molar-refractivity contribution in [2.45, 2.75) is 40.5 Å². The van der Waals surface area contributed by atoms with Gasteiger partial charge >= 0.3 is 0 Å². The van der Waals surface area contributed by atoms with Gasteiger partial charge in [0.25, 0.3) is 0 Å². The van der Waals surface area contributed by atoms with E-state index in [9.17, 15) is 9.90 Å². The highest BCUT2D eigenvalue weighted by molar-refractivity contribution is 5.75. The molecule has 0 fully saturated rings. The molecule has 0 unspecified atom stereocenters. The molecule has 0 saturated carbocycles. The Morgan fingerprint density at radius 2 is 1.93 bits per heavy atom. The number of ketones is 1. The molecule has 15 heavy (non-hydrogen) atoms. The highest BCUT2D eigenvalue weighted by Gasteiger charge is 1.99. The lowest BCUT2D eigenvalue weighted by molar-refractivity contribution is -0.116. The van der Waals surface area contributed by atoms with Gasteiger partial charge in [0.1, 0.15) is 11.5 Å². The summed E-state index contributed by atoms with van der Waals surface area (Å²) in [7, 11) is 0. The number of rotatable bonds is 3. The maximum absolute atomic E-state index is 10.7. The smallest absolute Gasteiger partial charge is 0.130 e. The summed E-state index contributed by atoms with van der Waals surface area (Å²) in [5.41, 5.74) is 1.96. The first-order valence-electron chi connectivity index (χ1n) is 5.37. The summed E-state index contributed by atoms with van der Waals surface area (Å²) >= 11 is 0. The lowest BCUT2D eigenvalue weighted by atomic mass is 10.1. The van der Waals surface area contributed by atoms with Crippen LogP contribution in [0.4, 0.5) is 0 Å². The Hall–Kier alpha value is -1.31. The van der Waals surface area contributed by atoms with E-state index in [1.54, 1.807) is 13.0 Å².